The summed E-state index contributed by atoms with van der Waals surface area (Å²) in [6.07, 6.45) is 4.93. The Labute approximate surface area is 102 Å². The van der Waals surface area contributed by atoms with Gasteiger partial charge in [-0.05, 0) is 37.1 Å². The molecule has 90 valence electrons. The van der Waals surface area contributed by atoms with E-state index < -0.39 is 0 Å². The van der Waals surface area contributed by atoms with Crippen LogP contribution in [0.4, 0.5) is 0 Å². The highest BCUT2D eigenvalue weighted by Crippen LogP contribution is 2.24. The Hall–Kier alpha value is -1.45. The Bertz CT molecular complexity index is 476. The molecule has 1 aromatic carbocycles. The summed E-state index contributed by atoms with van der Waals surface area (Å²) in [5.74, 6) is 0. The van der Waals surface area contributed by atoms with Crippen LogP contribution in [-0.4, -0.2) is 11.5 Å². The van der Waals surface area contributed by atoms with Crippen LogP contribution in [-0.2, 0) is 0 Å². The van der Waals surface area contributed by atoms with Crippen molar-refractivity contribution >= 4 is 10.9 Å². The molecule has 0 radical (unpaired) electrons. The van der Waals surface area contributed by atoms with Crippen LogP contribution >= 0.6 is 0 Å². The highest BCUT2D eigenvalue weighted by molar-refractivity contribution is 5.82. The molecule has 3 nitrogen and oxygen atoms in total. The van der Waals surface area contributed by atoms with Gasteiger partial charge in [-0.25, -0.2) is 0 Å². The first kappa shape index (κ1) is 12.0. The zero-order valence-corrected chi connectivity index (χ0v) is 9.97. The summed E-state index contributed by atoms with van der Waals surface area (Å²) in [6.45, 7) is 0.740. The lowest BCUT2D eigenvalue weighted by atomic mass is 9.98. The second kappa shape index (κ2) is 5.75. The number of unbranched alkanes of at least 4 members (excludes halogenated alkanes) is 1. The lowest BCUT2D eigenvalue weighted by Crippen LogP contribution is -2.11. The van der Waals surface area contributed by atoms with E-state index in [0.29, 0.717) is 0 Å². The van der Waals surface area contributed by atoms with Crippen LogP contribution in [0.1, 0.15) is 30.9 Å². The zero-order chi connectivity index (χ0) is 12.1. The number of fused-ring (bicyclic) bond motifs is 1. The van der Waals surface area contributed by atoms with Crippen molar-refractivity contribution in [2.45, 2.75) is 25.3 Å². The zero-order valence-electron chi connectivity index (χ0n) is 9.97. The van der Waals surface area contributed by atoms with Crippen molar-refractivity contribution in [1.82, 2.24) is 4.98 Å². The second-order valence-electron chi connectivity index (χ2n) is 4.31. The molecule has 2 aromatic rings. The summed E-state index contributed by atoms with van der Waals surface area (Å²) < 4.78 is 0. The first-order valence-corrected chi connectivity index (χ1v) is 6.12. The van der Waals surface area contributed by atoms with E-state index in [0.717, 1.165) is 36.7 Å². The molecule has 0 amide bonds. The fraction of sp³-hybridized carbons (Fsp3) is 0.357. The molecule has 1 unspecified atom stereocenters. The summed E-state index contributed by atoms with van der Waals surface area (Å²) in [5, 5.41) is 1.16. The molecule has 0 aliphatic rings. The molecule has 0 bridgehead atoms. The maximum Gasteiger partial charge on any atom is 0.0705 e. The molecule has 17 heavy (non-hydrogen) atoms. The first-order chi connectivity index (χ1) is 8.33. The molecule has 3 heteroatoms. The lowest BCUT2D eigenvalue weighted by molar-refractivity contribution is 0.593. The molecule has 1 heterocycles. The maximum absolute atomic E-state index is 6.23. The molecule has 0 spiro atoms. The largest absolute Gasteiger partial charge is 0.330 e. The monoisotopic (exact) mass is 229 g/mol. The van der Waals surface area contributed by atoms with Crippen LogP contribution in [0.5, 0.6) is 0 Å². The summed E-state index contributed by atoms with van der Waals surface area (Å²) in [4.78, 5) is 4.35. The smallest absolute Gasteiger partial charge is 0.0705 e. The number of pyridine rings is 1. The molecule has 0 aliphatic heterocycles. The van der Waals surface area contributed by atoms with Gasteiger partial charge in [0.1, 0.15) is 0 Å². The predicted molar refractivity (Wildman–Crippen MR) is 71.6 cm³/mol. The van der Waals surface area contributed by atoms with Crippen LogP contribution in [0.15, 0.2) is 36.5 Å². The van der Waals surface area contributed by atoms with E-state index in [4.69, 9.17) is 11.5 Å². The van der Waals surface area contributed by atoms with E-state index in [1.165, 1.54) is 5.56 Å². The first-order valence-electron chi connectivity index (χ1n) is 6.12. The molecule has 4 N–H and O–H groups in total. The molecule has 1 atom stereocenters. The van der Waals surface area contributed by atoms with Gasteiger partial charge in [0.05, 0.1) is 5.52 Å². The standard InChI is InChI=1S/C14H19N3/c15-9-4-3-6-13(16)11-8-10-17-14-7-2-1-5-12(11)14/h1-2,5,7-8,10,13H,3-4,6,9,15-16H2. The topological polar surface area (TPSA) is 64.9 Å². The molecular weight excluding hydrogens is 210 g/mol. The van der Waals surface area contributed by atoms with E-state index in [1.54, 1.807) is 0 Å². The minimum Gasteiger partial charge on any atom is -0.330 e. The van der Waals surface area contributed by atoms with E-state index >= 15 is 0 Å². The Morgan fingerprint density at radius 1 is 1.12 bits per heavy atom. The summed E-state index contributed by atoms with van der Waals surface area (Å²) in [6, 6.07) is 10.2. The lowest BCUT2D eigenvalue weighted by Gasteiger charge is -2.14. The summed E-state index contributed by atoms with van der Waals surface area (Å²) >= 11 is 0. The Balaban J connectivity index is 2.22. The average molecular weight is 229 g/mol. The SMILES string of the molecule is NCCCCC(N)c1ccnc2ccccc12. The number of aromatic nitrogens is 1. The molecule has 2 rings (SSSR count). The fourth-order valence-electron chi connectivity index (χ4n) is 2.11. The number of rotatable bonds is 5. The van der Waals surface area contributed by atoms with Crippen LogP contribution in [0, 0.1) is 0 Å². The number of nitrogens with zero attached hydrogens (tertiary/aromatic N) is 1. The van der Waals surface area contributed by atoms with Crippen LogP contribution in [0.2, 0.25) is 0 Å². The maximum atomic E-state index is 6.23. The number of hydrogen-bond donors (Lipinski definition) is 2. The highest BCUT2D eigenvalue weighted by atomic mass is 14.7. The molecule has 0 saturated carbocycles. The van der Waals surface area contributed by atoms with Crippen molar-refractivity contribution in [2.75, 3.05) is 6.54 Å². The van der Waals surface area contributed by atoms with E-state index in [1.807, 2.05) is 30.5 Å². The van der Waals surface area contributed by atoms with Crippen LogP contribution in [0.25, 0.3) is 10.9 Å². The fourth-order valence-corrected chi connectivity index (χ4v) is 2.11. The number of benzene rings is 1. The molecular formula is C14H19N3. The van der Waals surface area contributed by atoms with Crippen molar-refractivity contribution in [3.63, 3.8) is 0 Å². The molecule has 0 saturated heterocycles. The van der Waals surface area contributed by atoms with Gasteiger partial charge in [0.2, 0.25) is 0 Å². The number of hydrogen-bond acceptors (Lipinski definition) is 3. The van der Waals surface area contributed by atoms with Crippen LogP contribution in [0.3, 0.4) is 0 Å². The molecule has 0 aliphatic carbocycles. The summed E-state index contributed by atoms with van der Waals surface area (Å²) in [5.41, 5.74) is 13.9. The van der Waals surface area contributed by atoms with Crippen LogP contribution < -0.4 is 11.5 Å². The van der Waals surface area contributed by atoms with Crippen molar-refractivity contribution in [2.24, 2.45) is 11.5 Å². The Kier molecular flexibility index (Phi) is 4.07. The van der Waals surface area contributed by atoms with Gasteiger partial charge in [0.25, 0.3) is 0 Å². The molecule has 0 fully saturated rings. The quantitative estimate of drug-likeness (QED) is 0.773. The minimum absolute atomic E-state index is 0.0782. The van der Waals surface area contributed by atoms with Gasteiger partial charge in [0.15, 0.2) is 0 Å². The third-order valence-corrected chi connectivity index (χ3v) is 3.05. The third-order valence-electron chi connectivity index (χ3n) is 3.05. The van der Waals surface area contributed by atoms with Gasteiger partial charge in [-0.3, -0.25) is 4.98 Å². The predicted octanol–water partition coefficient (Wildman–Crippen LogP) is 2.36. The van der Waals surface area contributed by atoms with Gasteiger partial charge in [-0.1, -0.05) is 24.6 Å². The number of para-hydroxylation sites is 1. The Morgan fingerprint density at radius 3 is 2.76 bits per heavy atom. The van der Waals surface area contributed by atoms with Gasteiger partial charge in [-0.15, -0.1) is 0 Å². The Morgan fingerprint density at radius 2 is 1.94 bits per heavy atom. The van der Waals surface area contributed by atoms with Crippen molar-refractivity contribution in [1.29, 1.82) is 0 Å². The van der Waals surface area contributed by atoms with Gasteiger partial charge < -0.3 is 11.5 Å². The normalized spacial score (nSPS) is 12.8. The van der Waals surface area contributed by atoms with Crippen molar-refractivity contribution in [3.8, 4) is 0 Å². The van der Waals surface area contributed by atoms with E-state index in [2.05, 4.69) is 11.1 Å². The second-order valence-corrected chi connectivity index (χ2v) is 4.31. The minimum atomic E-state index is 0.0782. The van der Waals surface area contributed by atoms with Crippen molar-refractivity contribution < 1.29 is 0 Å². The van der Waals surface area contributed by atoms with Crippen molar-refractivity contribution in [3.05, 3.63) is 42.1 Å². The number of nitrogens with two attached hydrogens (primary N) is 2. The van der Waals surface area contributed by atoms with Gasteiger partial charge in [-0.2, -0.15) is 0 Å². The third kappa shape index (κ3) is 2.81. The van der Waals surface area contributed by atoms with Gasteiger partial charge in [0, 0.05) is 17.6 Å². The van der Waals surface area contributed by atoms with E-state index in [9.17, 15) is 0 Å². The van der Waals surface area contributed by atoms with Gasteiger partial charge >= 0.3 is 0 Å². The van der Waals surface area contributed by atoms with E-state index in [-0.39, 0.29) is 6.04 Å². The molecule has 1 aromatic heterocycles. The average Bonchev–Trinajstić information content (AvgIpc) is 2.38. The highest BCUT2D eigenvalue weighted by Gasteiger charge is 2.09. The summed E-state index contributed by atoms with van der Waals surface area (Å²) in [7, 11) is 0.